The van der Waals surface area contributed by atoms with E-state index in [-0.39, 0.29) is 30.3 Å². The molecule has 1 aliphatic rings. The minimum atomic E-state index is -0.897. The molecule has 1 fully saturated rings. The van der Waals surface area contributed by atoms with Crippen molar-refractivity contribution in [3.63, 3.8) is 0 Å². The maximum atomic E-state index is 13.9. The summed E-state index contributed by atoms with van der Waals surface area (Å²) in [6.45, 7) is 5.01. The molecular weight excluding hydrogens is 492 g/mol. The second-order valence-electron chi connectivity index (χ2n) is 9.63. The molecule has 0 saturated heterocycles. The highest BCUT2D eigenvalue weighted by Gasteiger charge is 2.34. The van der Waals surface area contributed by atoms with Gasteiger partial charge in [0.15, 0.2) is 11.5 Å². The van der Waals surface area contributed by atoms with Crippen molar-refractivity contribution in [1.29, 1.82) is 0 Å². The van der Waals surface area contributed by atoms with Crippen LogP contribution < -0.4 is 19.5 Å². The minimum Gasteiger partial charge on any atom is -0.497 e. The molecular formula is C29H39ClN2O5. The molecule has 0 spiro atoms. The summed E-state index contributed by atoms with van der Waals surface area (Å²) in [4.78, 5) is 28.6. The first kappa shape index (κ1) is 28.6. The summed E-state index contributed by atoms with van der Waals surface area (Å²) < 4.78 is 16.8. The summed E-state index contributed by atoms with van der Waals surface area (Å²) in [7, 11) is 3.16. The number of rotatable bonds is 12. The SMILES string of the molecule is CCCOc1ccc([C@H](C(=O)NC2CCC(C)CC2)N(Cc2cccc(OC)c2)C(=O)CCl)cc1OC. The number of halogens is 1. The minimum absolute atomic E-state index is 0.0741. The van der Waals surface area contributed by atoms with Crippen molar-refractivity contribution in [3.05, 3.63) is 53.6 Å². The number of hydrogen-bond donors (Lipinski definition) is 1. The number of carbonyl (C=O) groups excluding carboxylic acids is 2. The number of methoxy groups -OCH3 is 2. The van der Waals surface area contributed by atoms with E-state index in [4.69, 9.17) is 25.8 Å². The summed E-state index contributed by atoms with van der Waals surface area (Å²) in [6.07, 6.45) is 4.84. The Balaban J connectivity index is 2.00. The Kier molecular flexibility index (Phi) is 10.9. The van der Waals surface area contributed by atoms with Crippen LogP contribution in [0.25, 0.3) is 0 Å². The van der Waals surface area contributed by atoms with Crippen LogP contribution in [0.1, 0.15) is 63.1 Å². The van der Waals surface area contributed by atoms with Gasteiger partial charge in [0.1, 0.15) is 17.7 Å². The van der Waals surface area contributed by atoms with Crippen molar-refractivity contribution in [2.24, 2.45) is 5.92 Å². The zero-order valence-electron chi connectivity index (χ0n) is 22.3. The lowest BCUT2D eigenvalue weighted by atomic mass is 9.87. The summed E-state index contributed by atoms with van der Waals surface area (Å²) in [5.41, 5.74) is 1.46. The molecule has 202 valence electrons. The molecule has 0 aromatic heterocycles. The highest BCUT2D eigenvalue weighted by Crippen LogP contribution is 2.34. The number of ether oxygens (including phenoxy) is 3. The van der Waals surface area contributed by atoms with Gasteiger partial charge in [0, 0.05) is 12.6 Å². The van der Waals surface area contributed by atoms with Crippen LogP contribution in [0.5, 0.6) is 17.2 Å². The lowest BCUT2D eigenvalue weighted by molar-refractivity contribution is -0.140. The van der Waals surface area contributed by atoms with Gasteiger partial charge in [-0.15, -0.1) is 11.6 Å². The van der Waals surface area contributed by atoms with Crippen molar-refractivity contribution in [3.8, 4) is 17.2 Å². The Hall–Kier alpha value is -2.93. The third kappa shape index (κ3) is 7.78. The molecule has 2 aromatic rings. The molecule has 2 amide bonds. The topological polar surface area (TPSA) is 77.1 Å². The van der Waals surface area contributed by atoms with Crippen LogP contribution in [-0.2, 0) is 16.1 Å². The van der Waals surface area contributed by atoms with Crippen LogP contribution in [0.15, 0.2) is 42.5 Å². The number of nitrogens with one attached hydrogen (secondary N) is 1. The van der Waals surface area contributed by atoms with Gasteiger partial charge in [0.2, 0.25) is 11.8 Å². The van der Waals surface area contributed by atoms with E-state index >= 15 is 0 Å². The van der Waals surface area contributed by atoms with Gasteiger partial charge in [0.05, 0.1) is 20.8 Å². The standard InChI is InChI=1S/C29H39ClN2O5/c1-5-15-37-25-14-11-22(17-26(25)36-4)28(29(34)31-23-12-9-20(2)10-13-23)32(27(33)18-30)19-21-7-6-8-24(16-21)35-3/h6-8,11,14,16-17,20,23,28H,5,9-10,12-13,15,18-19H2,1-4H3,(H,31,34)/t20?,23?,28-/m1/s1. The fourth-order valence-corrected chi connectivity index (χ4v) is 4.86. The Morgan fingerprint density at radius 3 is 2.46 bits per heavy atom. The van der Waals surface area contributed by atoms with Gasteiger partial charge in [-0.3, -0.25) is 9.59 Å². The molecule has 1 saturated carbocycles. The quantitative estimate of drug-likeness (QED) is 0.367. The lowest BCUT2D eigenvalue weighted by Crippen LogP contribution is -2.47. The molecule has 37 heavy (non-hydrogen) atoms. The summed E-state index contributed by atoms with van der Waals surface area (Å²) in [5.74, 6) is 1.62. The van der Waals surface area contributed by atoms with Gasteiger partial charge < -0.3 is 24.4 Å². The number of nitrogens with zero attached hydrogens (tertiary/aromatic N) is 1. The smallest absolute Gasteiger partial charge is 0.247 e. The van der Waals surface area contributed by atoms with Gasteiger partial charge in [-0.05, 0) is 73.4 Å². The summed E-state index contributed by atoms with van der Waals surface area (Å²) in [6, 6.07) is 12.0. The van der Waals surface area contributed by atoms with Gasteiger partial charge in [-0.25, -0.2) is 0 Å². The first-order chi connectivity index (χ1) is 17.9. The number of alkyl halides is 1. The number of carbonyl (C=O) groups is 2. The van der Waals surface area contributed by atoms with E-state index in [0.29, 0.717) is 35.3 Å². The molecule has 7 nitrogen and oxygen atoms in total. The zero-order chi connectivity index (χ0) is 26.8. The first-order valence-corrected chi connectivity index (χ1v) is 13.5. The molecule has 0 unspecified atom stereocenters. The average molecular weight is 531 g/mol. The Morgan fingerprint density at radius 2 is 1.81 bits per heavy atom. The molecule has 1 atom stereocenters. The predicted octanol–water partition coefficient (Wildman–Crippen LogP) is 5.50. The van der Waals surface area contributed by atoms with Gasteiger partial charge >= 0.3 is 0 Å². The summed E-state index contributed by atoms with van der Waals surface area (Å²) in [5, 5.41) is 3.22. The molecule has 3 rings (SSSR count). The predicted molar refractivity (Wildman–Crippen MR) is 145 cm³/mol. The van der Waals surface area contributed by atoms with Crippen molar-refractivity contribution in [2.75, 3.05) is 26.7 Å². The van der Waals surface area contributed by atoms with Gasteiger partial charge in [-0.1, -0.05) is 32.0 Å². The van der Waals surface area contributed by atoms with Crippen LogP contribution in [-0.4, -0.2) is 49.5 Å². The maximum absolute atomic E-state index is 13.9. The van der Waals surface area contributed by atoms with Gasteiger partial charge in [-0.2, -0.15) is 0 Å². The molecule has 0 aliphatic heterocycles. The van der Waals surface area contributed by atoms with E-state index in [1.165, 1.54) is 4.90 Å². The van der Waals surface area contributed by atoms with Crippen LogP contribution >= 0.6 is 11.6 Å². The molecule has 0 radical (unpaired) electrons. The third-order valence-corrected chi connectivity index (χ3v) is 7.04. The molecule has 2 aromatic carbocycles. The summed E-state index contributed by atoms with van der Waals surface area (Å²) >= 11 is 6.06. The largest absolute Gasteiger partial charge is 0.497 e. The van der Waals surface area contributed by atoms with Crippen molar-refractivity contribution in [2.45, 2.75) is 64.6 Å². The van der Waals surface area contributed by atoms with E-state index in [2.05, 4.69) is 12.2 Å². The molecule has 0 bridgehead atoms. The average Bonchev–Trinajstić information content (AvgIpc) is 2.92. The lowest BCUT2D eigenvalue weighted by Gasteiger charge is -2.34. The second-order valence-corrected chi connectivity index (χ2v) is 9.90. The van der Waals surface area contributed by atoms with Crippen molar-refractivity contribution < 1.29 is 23.8 Å². The van der Waals surface area contributed by atoms with Crippen LogP contribution in [0.2, 0.25) is 0 Å². The monoisotopic (exact) mass is 530 g/mol. The normalized spacial score (nSPS) is 18.0. The third-order valence-electron chi connectivity index (χ3n) is 6.81. The first-order valence-electron chi connectivity index (χ1n) is 13.0. The van der Waals surface area contributed by atoms with E-state index in [1.807, 2.05) is 37.3 Å². The fraction of sp³-hybridized carbons (Fsp3) is 0.517. The molecule has 8 heteroatoms. The Labute approximate surface area is 225 Å². The number of benzene rings is 2. The number of amides is 2. The number of hydrogen-bond acceptors (Lipinski definition) is 5. The highest BCUT2D eigenvalue weighted by atomic mass is 35.5. The highest BCUT2D eigenvalue weighted by molar-refractivity contribution is 6.27. The Bertz CT molecular complexity index is 1040. The van der Waals surface area contributed by atoms with E-state index in [1.54, 1.807) is 26.4 Å². The van der Waals surface area contributed by atoms with Gasteiger partial charge in [0.25, 0.3) is 0 Å². The molecule has 1 aliphatic carbocycles. The fourth-order valence-electron chi connectivity index (χ4n) is 4.71. The maximum Gasteiger partial charge on any atom is 0.247 e. The van der Waals surface area contributed by atoms with E-state index in [0.717, 1.165) is 37.7 Å². The van der Waals surface area contributed by atoms with Crippen LogP contribution in [0.4, 0.5) is 0 Å². The van der Waals surface area contributed by atoms with Crippen LogP contribution in [0.3, 0.4) is 0 Å². The van der Waals surface area contributed by atoms with Crippen molar-refractivity contribution in [1.82, 2.24) is 10.2 Å². The van der Waals surface area contributed by atoms with E-state index in [9.17, 15) is 9.59 Å². The Morgan fingerprint density at radius 1 is 1.05 bits per heavy atom. The van der Waals surface area contributed by atoms with Crippen LogP contribution in [0, 0.1) is 5.92 Å². The zero-order valence-corrected chi connectivity index (χ0v) is 23.1. The molecule has 0 heterocycles. The van der Waals surface area contributed by atoms with E-state index < -0.39 is 6.04 Å². The molecule has 1 N–H and O–H groups in total. The second kappa shape index (κ2) is 14.1. The van der Waals surface area contributed by atoms with Crippen molar-refractivity contribution >= 4 is 23.4 Å².